The molecule has 0 fully saturated rings. The number of anilines is 2. The number of rotatable bonds is 8. The summed E-state index contributed by atoms with van der Waals surface area (Å²) in [5, 5.41) is 5.63. The minimum atomic E-state index is -4.11. The molecule has 0 aromatic heterocycles. The third kappa shape index (κ3) is 5.95. The number of hydrogen-bond donors (Lipinski definition) is 2. The fraction of sp³-hybridized carbons (Fsp3) is 0.200. The lowest BCUT2D eigenvalue weighted by atomic mass is 10.1. The second-order valence-corrected chi connectivity index (χ2v) is 10.3. The third-order valence-corrected chi connectivity index (χ3v) is 6.98. The number of sulfonamides is 1. The molecule has 0 aliphatic rings. The number of benzene rings is 3. The van der Waals surface area contributed by atoms with Crippen LogP contribution in [0.15, 0.2) is 77.7 Å². The molecule has 0 saturated heterocycles. The Morgan fingerprint density at radius 3 is 2.21 bits per heavy atom. The maximum atomic E-state index is 13.5. The van der Waals surface area contributed by atoms with E-state index in [1.165, 1.54) is 18.2 Å². The molecule has 3 aromatic carbocycles. The van der Waals surface area contributed by atoms with Gasteiger partial charge >= 0.3 is 0 Å². The number of aryl methyl sites for hydroxylation is 1. The van der Waals surface area contributed by atoms with Crippen molar-refractivity contribution in [3.8, 4) is 0 Å². The minimum Gasteiger partial charge on any atom is -0.350 e. The van der Waals surface area contributed by atoms with Crippen LogP contribution in [-0.4, -0.2) is 32.8 Å². The van der Waals surface area contributed by atoms with Gasteiger partial charge in [-0.3, -0.25) is 13.9 Å². The first kappa shape index (κ1) is 25.3. The first-order valence-electron chi connectivity index (χ1n) is 10.6. The van der Waals surface area contributed by atoms with Gasteiger partial charge in [-0.25, -0.2) is 8.42 Å². The van der Waals surface area contributed by atoms with Crippen LogP contribution in [-0.2, 0) is 14.8 Å². The minimum absolute atomic E-state index is 0.0301. The molecule has 2 amide bonds. The zero-order chi connectivity index (χ0) is 24.9. The van der Waals surface area contributed by atoms with Crippen molar-refractivity contribution in [3.05, 3.63) is 88.9 Å². The van der Waals surface area contributed by atoms with Crippen molar-refractivity contribution in [1.29, 1.82) is 0 Å². The molecule has 0 atom stereocenters. The topological polar surface area (TPSA) is 95.6 Å². The molecule has 0 unspecified atom stereocenters. The molecule has 0 bridgehead atoms. The van der Waals surface area contributed by atoms with Crippen LogP contribution in [0.2, 0.25) is 5.02 Å². The second-order valence-electron chi connectivity index (χ2n) is 8.00. The quantitative estimate of drug-likeness (QED) is 0.472. The number of para-hydroxylation sites is 2. The van der Waals surface area contributed by atoms with Crippen LogP contribution >= 0.6 is 11.6 Å². The van der Waals surface area contributed by atoms with Crippen LogP contribution in [0.4, 0.5) is 11.4 Å². The van der Waals surface area contributed by atoms with E-state index < -0.39 is 22.5 Å². The molecule has 2 N–H and O–H groups in total. The highest BCUT2D eigenvalue weighted by Crippen LogP contribution is 2.30. The molecular formula is C25H26ClN3O4S. The van der Waals surface area contributed by atoms with Gasteiger partial charge in [0.25, 0.3) is 15.9 Å². The van der Waals surface area contributed by atoms with Crippen molar-refractivity contribution in [2.45, 2.75) is 31.7 Å². The maximum absolute atomic E-state index is 13.5. The summed E-state index contributed by atoms with van der Waals surface area (Å²) in [7, 11) is -4.11. The van der Waals surface area contributed by atoms with Crippen molar-refractivity contribution in [3.63, 3.8) is 0 Å². The lowest BCUT2D eigenvalue weighted by Crippen LogP contribution is -2.38. The van der Waals surface area contributed by atoms with Crippen molar-refractivity contribution in [2.24, 2.45) is 0 Å². The summed E-state index contributed by atoms with van der Waals surface area (Å²) in [6.45, 7) is 4.97. The van der Waals surface area contributed by atoms with E-state index in [1.54, 1.807) is 54.6 Å². The second kappa shape index (κ2) is 10.7. The molecule has 0 spiro atoms. The predicted molar refractivity (Wildman–Crippen MR) is 135 cm³/mol. The molecular weight excluding hydrogens is 474 g/mol. The lowest BCUT2D eigenvalue weighted by Gasteiger charge is -2.25. The zero-order valence-corrected chi connectivity index (χ0v) is 20.7. The average molecular weight is 500 g/mol. The Bertz CT molecular complexity index is 1290. The Hall–Kier alpha value is -3.36. The van der Waals surface area contributed by atoms with Crippen LogP contribution in [0.3, 0.4) is 0 Å². The van der Waals surface area contributed by atoms with Crippen LogP contribution in [0, 0.1) is 6.92 Å². The van der Waals surface area contributed by atoms with Gasteiger partial charge in [-0.15, -0.1) is 0 Å². The Kier molecular flexibility index (Phi) is 7.96. The van der Waals surface area contributed by atoms with E-state index in [0.717, 1.165) is 9.87 Å². The molecule has 7 nitrogen and oxygen atoms in total. The maximum Gasteiger partial charge on any atom is 0.264 e. The van der Waals surface area contributed by atoms with Gasteiger partial charge in [-0.05, 0) is 57.2 Å². The number of carbonyl (C=O) groups excluding carboxylic acids is 2. The summed E-state index contributed by atoms with van der Waals surface area (Å²) in [5.41, 5.74) is 1.62. The fourth-order valence-electron chi connectivity index (χ4n) is 3.24. The van der Waals surface area contributed by atoms with Gasteiger partial charge in [0.2, 0.25) is 5.91 Å². The van der Waals surface area contributed by atoms with E-state index in [2.05, 4.69) is 10.6 Å². The van der Waals surface area contributed by atoms with E-state index in [-0.39, 0.29) is 38.8 Å². The van der Waals surface area contributed by atoms with Crippen LogP contribution in [0.1, 0.15) is 29.8 Å². The molecule has 0 radical (unpaired) electrons. The zero-order valence-electron chi connectivity index (χ0n) is 19.1. The van der Waals surface area contributed by atoms with Crippen LogP contribution in [0.25, 0.3) is 0 Å². The summed E-state index contributed by atoms with van der Waals surface area (Å²) >= 11 is 6.31. The molecule has 3 aromatic rings. The Morgan fingerprint density at radius 2 is 1.56 bits per heavy atom. The van der Waals surface area contributed by atoms with Crippen molar-refractivity contribution < 1.29 is 18.0 Å². The monoisotopic (exact) mass is 499 g/mol. The number of nitrogens with one attached hydrogen (secondary N) is 2. The Balaban J connectivity index is 1.94. The Morgan fingerprint density at radius 1 is 0.941 bits per heavy atom. The van der Waals surface area contributed by atoms with Gasteiger partial charge in [-0.1, -0.05) is 53.6 Å². The number of nitrogens with zero attached hydrogens (tertiary/aromatic N) is 1. The molecule has 178 valence electrons. The van der Waals surface area contributed by atoms with Gasteiger partial charge in [-0.2, -0.15) is 0 Å². The van der Waals surface area contributed by atoms with E-state index in [0.29, 0.717) is 0 Å². The highest BCUT2D eigenvalue weighted by atomic mass is 35.5. The predicted octanol–water partition coefficient (Wildman–Crippen LogP) is 4.62. The molecule has 0 aliphatic carbocycles. The van der Waals surface area contributed by atoms with E-state index in [1.807, 2.05) is 20.8 Å². The van der Waals surface area contributed by atoms with Crippen LogP contribution < -0.4 is 14.9 Å². The van der Waals surface area contributed by atoms with E-state index in [4.69, 9.17) is 11.6 Å². The largest absolute Gasteiger partial charge is 0.350 e. The molecule has 9 heteroatoms. The third-order valence-electron chi connectivity index (χ3n) is 4.88. The number of amides is 2. The molecule has 0 heterocycles. The van der Waals surface area contributed by atoms with Crippen molar-refractivity contribution in [1.82, 2.24) is 5.32 Å². The molecule has 0 saturated carbocycles. The fourth-order valence-corrected chi connectivity index (χ4v) is 4.97. The standard InChI is InChI=1S/C25H26ClN3O4S/c1-17(2)27-25(31)20-8-4-6-10-22(20)28-24(30)16-29(23-11-7-5-9-21(23)26)34(32,33)19-14-12-18(3)13-15-19/h4-15,17H,16H2,1-3H3,(H,27,31)(H,28,30). The molecule has 0 aliphatic heterocycles. The van der Waals surface area contributed by atoms with Gasteiger partial charge < -0.3 is 10.6 Å². The van der Waals surface area contributed by atoms with Gasteiger partial charge in [0, 0.05) is 6.04 Å². The van der Waals surface area contributed by atoms with Gasteiger partial charge in [0.05, 0.1) is 26.9 Å². The first-order valence-corrected chi connectivity index (χ1v) is 12.4. The summed E-state index contributed by atoms with van der Waals surface area (Å²) < 4.78 is 28.0. The summed E-state index contributed by atoms with van der Waals surface area (Å²) in [6.07, 6.45) is 0. The lowest BCUT2D eigenvalue weighted by molar-refractivity contribution is -0.114. The van der Waals surface area contributed by atoms with E-state index >= 15 is 0 Å². The van der Waals surface area contributed by atoms with Crippen molar-refractivity contribution in [2.75, 3.05) is 16.2 Å². The summed E-state index contributed by atoms with van der Waals surface area (Å²) in [4.78, 5) is 25.6. The first-order chi connectivity index (χ1) is 16.1. The highest BCUT2D eigenvalue weighted by molar-refractivity contribution is 7.92. The van der Waals surface area contributed by atoms with Crippen molar-refractivity contribution >= 4 is 44.8 Å². The average Bonchev–Trinajstić information content (AvgIpc) is 2.78. The number of halogens is 1. The summed E-state index contributed by atoms with van der Waals surface area (Å²) in [6, 6.07) is 19.2. The number of carbonyl (C=O) groups is 2. The normalized spacial score (nSPS) is 11.2. The summed E-state index contributed by atoms with van der Waals surface area (Å²) in [5.74, 6) is -0.971. The van der Waals surface area contributed by atoms with Gasteiger partial charge in [0.1, 0.15) is 6.54 Å². The Labute approximate surface area is 204 Å². The smallest absolute Gasteiger partial charge is 0.264 e. The van der Waals surface area contributed by atoms with Crippen LogP contribution in [0.5, 0.6) is 0 Å². The SMILES string of the molecule is Cc1ccc(S(=O)(=O)N(CC(=O)Nc2ccccc2C(=O)NC(C)C)c2ccccc2Cl)cc1. The van der Waals surface area contributed by atoms with Gasteiger partial charge in [0.15, 0.2) is 0 Å². The highest BCUT2D eigenvalue weighted by Gasteiger charge is 2.29. The molecule has 34 heavy (non-hydrogen) atoms. The van der Waals surface area contributed by atoms with E-state index in [9.17, 15) is 18.0 Å². The molecule has 3 rings (SSSR count). The number of hydrogen-bond acceptors (Lipinski definition) is 4.